The number of nitrogens with zero attached hydrogens (tertiary/aromatic N) is 5. The smallest absolute Gasteiger partial charge is 0.395 e. The molecule has 2 unspecified atom stereocenters. The van der Waals surface area contributed by atoms with Gasteiger partial charge in [-0.15, -0.1) is 13.9 Å². The number of anilines is 1. The van der Waals surface area contributed by atoms with E-state index in [4.69, 9.17) is 10.5 Å². The number of rotatable bonds is 3. The number of fused-ring (bicyclic) bond motifs is 7. The molecule has 2 bridgehead atoms. The zero-order chi connectivity index (χ0) is 21.5. The van der Waals surface area contributed by atoms with Crippen molar-refractivity contribution in [2.24, 2.45) is 5.92 Å². The van der Waals surface area contributed by atoms with Gasteiger partial charge < -0.3 is 19.9 Å². The molecule has 164 valence electrons. The van der Waals surface area contributed by atoms with Crippen LogP contribution in [-0.2, 0) is 11.2 Å². The maximum atomic E-state index is 14.3. The minimum atomic E-state index is -3.79. The van der Waals surface area contributed by atoms with Gasteiger partial charge in [-0.3, -0.25) is 4.90 Å². The Hall–Kier alpha value is -2.93. The molecule has 0 radical (unpaired) electrons. The molecule has 2 fully saturated rings. The van der Waals surface area contributed by atoms with E-state index in [1.165, 1.54) is 16.6 Å². The molecular formula is C18H16F4N6O3. The number of ether oxygens (including phenoxy) is 3. The van der Waals surface area contributed by atoms with Gasteiger partial charge in [-0.1, -0.05) is 0 Å². The maximum Gasteiger partial charge on any atom is 0.586 e. The number of hydrogen-bond acceptors (Lipinski definition) is 8. The average molecular weight is 440 g/mol. The second kappa shape index (κ2) is 6.07. The molecule has 3 aliphatic heterocycles. The molecule has 0 aliphatic carbocycles. The first kappa shape index (κ1) is 18.8. The van der Waals surface area contributed by atoms with Gasteiger partial charge in [-0.2, -0.15) is 4.52 Å². The van der Waals surface area contributed by atoms with Crippen molar-refractivity contribution in [3.05, 3.63) is 18.0 Å². The minimum absolute atomic E-state index is 0.0125. The lowest BCUT2D eigenvalue weighted by Gasteiger charge is -2.31. The van der Waals surface area contributed by atoms with Crippen molar-refractivity contribution in [1.29, 1.82) is 0 Å². The van der Waals surface area contributed by atoms with Crippen molar-refractivity contribution in [2.45, 2.75) is 24.7 Å². The van der Waals surface area contributed by atoms with Gasteiger partial charge >= 0.3 is 6.29 Å². The highest BCUT2D eigenvalue weighted by atomic mass is 19.3. The summed E-state index contributed by atoms with van der Waals surface area (Å²) in [7, 11) is 0. The quantitative estimate of drug-likeness (QED) is 0.615. The normalized spacial score (nSPS) is 26.2. The van der Waals surface area contributed by atoms with Crippen LogP contribution < -0.4 is 15.2 Å². The van der Waals surface area contributed by atoms with E-state index in [0.717, 1.165) is 0 Å². The summed E-state index contributed by atoms with van der Waals surface area (Å²) in [5.41, 5.74) is 6.33. The highest BCUT2D eigenvalue weighted by Crippen LogP contribution is 2.46. The zero-order valence-electron chi connectivity index (χ0n) is 15.9. The number of likely N-dealkylation sites (tertiary alicyclic amines) is 1. The third-order valence-corrected chi connectivity index (χ3v) is 5.98. The van der Waals surface area contributed by atoms with Crippen LogP contribution in [0.4, 0.5) is 23.5 Å². The van der Waals surface area contributed by atoms with Crippen LogP contribution in [0.5, 0.6) is 11.5 Å². The standard InChI is InChI=1S/C18H16F4N6O3/c19-17(20)8-5-27(11(17)7-29-6-8)4-3-12-24-15-9-1-2-10-14(31-18(21,22)30-10)13(9)25-16(23)28(15)26-12/h1-2,8,11H,3-7H2,(H2,23,25). The molecule has 13 heteroatoms. The number of halogens is 4. The maximum absolute atomic E-state index is 14.3. The molecule has 2 N–H and O–H groups in total. The van der Waals surface area contributed by atoms with E-state index in [0.29, 0.717) is 29.8 Å². The fourth-order valence-corrected chi connectivity index (χ4v) is 4.49. The summed E-state index contributed by atoms with van der Waals surface area (Å²) < 4.78 is 71.2. The Morgan fingerprint density at radius 1 is 1.13 bits per heavy atom. The van der Waals surface area contributed by atoms with Gasteiger partial charge in [0.25, 0.3) is 5.92 Å². The summed E-state index contributed by atoms with van der Waals surface area (Å²) in [5.74, 6) is -3.68. The highest BCUT2D eigenvalue weighted by Gasteiger charge is 2.58. The molecule has 0 saturated carbocycles. The minimum Gasteiger partial charge on any atom is -0.395 e. The van der Waals surface area contributed by atoms with Gasteiger partial charge in [0.05, 0.1) is 25.2 Å². The Kier molecular flexibility index (Phi) is 3.68. The Morgan fingerprint density at radius 2 is 1.97 bits per heavy atom. The van der Waals surface area contributed by atoms with Crippen molar-refractivity contribution in [1.82, 2.24) is 24.5 Å². The molecule has 2 aromatic heterocycles. The van der Waals surface area contributed by atoms with Gasteiger partial charge in [0.15, 0.2) is 23.0 Å². The molecule has 31 heavy (non-hydrogen) atoms. The third kappa shape index (κ3) is 2.72. The lowest BCUT2D eigenvalue weighted by molar-refractivity contribution is -0.286. The number of nitrogens with two attached hydrogens (primary N) is 1. The summed E-state index contributed by atoms with van der Waals surface area (Å²) in [6, 6.07) is 1.88. The lowest BCUT2D eigenvalue weighted by atomic mass is 10.00. The first-order valence-electron chi connectivity index (χ1n) is 9.66. The summed E-state index contributed by atoms with van der Waals surface area (Å²) in [5, 5.41) is 4.71. The first-order chi connectivity index (χ1) is 14.7. The third-order valence-electron chi connectivity index (χ3n) is 5.98. The van der Waals surface area contributed by atoms with Crippen molar-refractivity contribution < 1.29 is 31.8 Å². The number of hydrogen-bond donors (Lipinski definition) is 1. The zero-order valence-corrected chi connectivity index (χ0v) is 15.9. The molecule has 0 spiro atoms. The van der Waals surface area contributed by atoms with Crippen LogP contribution in [-0.4, -0.2) is 69.0 Å². The topological polar surface area (TPSA) is 100 Å². The second-order valence-electron chi connectivity index (χ2n) is 7.86. The van der Waals surface area contributed by atoms with Crippen molar-refractivity contribution in [2.75, 3.05) is 32.0 Å². The van der Waals surface area contributed by atoms with Crippen molar-refractivity contribution in [3.8, 4) is 11.5 Å². The van der Waals surface area contributed by atoms with Gasteiger partial charge in [0.2, 0.25) is 5.95 Å². The SMILES string of the molecule is Nc1nc2c3c(ccc2c2nc(CCN4CC5COCC4C5(F)F)nn12)OC(F)(F)O3. The molecule has 3 aliphatic rings. The number of alkyl halides is 4. The number of benzene rings is 1. The fourth-order valence-electron chi connectivity index (χ4n) is 4.49. The first-order valence-corrected chi connectivity index (χ1v) is 9.66. The molecule has 1 aromatic carbocycles. The summed E-state index contributed by atoms with van der Waals surface area (Å²) in [4.78, 5) is 10.3. The average Bonchev–Trinajstić information content (AvgIpc) is 3.26. The Labute approximate surface area is 171 Å². The Bertz CT molecular complexity index is 1220. The second-order valence-corrected chi connectivity index (χ2v) is 7.86. The predicted molar refractivity (Wildman–Crippen MR) is 97.2 cm³/mol. The Balaban J connectivity index is 1.32. The predicted octanol–water partition coefficient (Wildman–Crippen LogP) is 1.69. The molecule has 2 atom stereocenters. The molecule has 3 aromatic rings. The van der Waals surface area contributed by atoms with Gasteiger partial charge in [-0.25, -0.2) is 18.7 Å². The van der Waals surface area contributed by atoms with E-state index in [1.54, 1.807) is 4.90 Å². The van der Waals surface area contributed by atoms with Crippen LogP contribution in [0.15, 0.2) is 12.1 Å². The van der Waals surface area contributed by atoms with E-state index in [1.807, 2.05) is 0 Å². The molecule has 5 heterocycles. The largest absolute Gasteiger partial charge is 0.586 e. The van der Waals surface area contributed by atoms with Crippen LogP contribution >= 0.6 is 0 Å². The van der Waals surface area contributed by atoms with Crippen LogP contribution in [0.25, 0.3) is 16.6 Å². The van der Waals surface area contributed by atoms with E-state index in [9.17, 15) is 17.6 Å². The summed E-state index contributed by atoms with van der Waals surface area (Å²) in [6.45, 7) is 0.605. The van der Waals surface area contributed by atoms with E-state index in [2.05, 4.69) is 24.5 Å². The molecule has 9 nitrogen and oxygen atoms in total. The van der Waals surface area contributed by atoms with Gasteiger partial charge in [0, 0.05) is 24.9 Å². The van der Waals surface area contributed by atoms with Gasteiger partial charge in [-0.05, 0) is 12.1 Å². The fraction of sp³-hybridized carbons (Fsp3) is 0.500. The lowest BCUT2D eigenvalue weighted by Crippen LogP contribution is -2.48. The van der Waals surface area contributed by atoms with Crippen LogP contribution in [0.2, 0.25) is 0 Å². The summed E-state index contributed by atoms with van der Waals surface area (Å²) in [6.07, 6.45) is -3.50. The molecule has 2 saturated heterocycles. The van der Waals surface area contributed by atoms with Crippen LogP contribution in [0.3, 0.4) is 0 Å². The van der Waals surface area contributed by atoms with E-state index in [-0.39, 0.29) is 42.7 Å². The Morgan fingerprint density at radius 3 is 2.77 bits per heavy atom. The van der Waals surface area contributed by atoms with Crippen LogP contribution in [0.1, 0.15) is 5.82 Å². The van der Waals surface area contributed by atoms with Gasteiger partial charge in [0.1, 0.15) is 5.52 Å². The summed E-state index contributed by atoms with van der Waals surface area (Å²) >= 11 is 0. The molecular weight excluding hydrogens is 424 g/mol. The van der Waals surface area contributed by atoms with E-state index < -0.39 is 24.2 Å². The number of aromatic nitrogens is 4. The molecule has 0 amide bonds. The van der Waals surface area contributed by atoms with Crippen molar-refractivity contribution >= 4 is 22.5 Å². The monoisotopic (exact) mass is 440 g/mol. The van der Waals surface area contributed by atoms with Crippen LogP contribution in [0, 0.1) is 5.92 Å². The highest BCUT2D eigenvalue weighted by molar-refractivity contribution is 5.97. The van der Waals surface area contributed by atoms with Crippen molar-refractivity contribution in [3.63, 3.8) is 0 Å². The molecule has 6 rings (SSSR count). The number of nitrogen functional groups attached to an aromatic ring is 1. The van der Waals surface area contributed by atoms with E-state index >= 15 is 0 Å².